The summed E-state index contributed by atoms with van der Waals surface area (Å²) in [5, 5.41) is 31.1. The first-order chi connectivity index (χ1) is 13.2. The molecule has 28 heavy (non-hydrogen) atoms. The number of nitrogens with one attached hydrogen (secondary N) is 1. The minimum Gasteiger partial charge on any atom is -0.480 e. The summed E-state index contributed by atoms with van der Waals surface area (Å²) in [5.74, 6) is -1.43. The zero-order valence-electron chi connectivity index (χ0n) is 15.9. The quantitative estimate of drug-likeness (QED) is 0.264. The Balaban J connectivity index is 1.68. The highest BCUT2D eigenvalue weighted by Gasteiger charge is 2.47. The second-order valence-corrected chi connectivity index (χ2v) is 8.21. The molecular weight excluding hydrogens is 385 g/mol. The van der Waals surface area contributed by atoms with Gasteiger partial charge < -0.3 is 26.2 Å². The first kappa shape index (κ1) is 23.1. The van der Waals surface area contributed by atoms with Gasteiger partial charge in [-0.15, -0.1) is 0 Å². The van der Waals surface area contributed by atoms with Crippen LogP contribution in [0.1, 0.15) is 44.1 Å². The van der Waals surface area contributed by atoms with E-state index in [0.29, 0.717) is 43.5 Å². The van der Waals surface area contributed by atoms with Crippen LogP contribution in [0.15, 0.2) is 18.2 Å². The van der Waals surface area contributed by atoms with E-state index >= 15 is 0 Å². The van der Waals surface area contributed by atoms with Crippen LogP contribution in [0.3, 0.4) is 0 Å². The Bertz CT molecular complexity index is 641. The summed E-state index contributed by atoms with van der Waals surface area (Å²) >= 11 is 5.85. The van der Waals surface area contributed by atoms with Crippen molar-refractivity contribution in [3.8, 4) is 0 Å². The van der Waals surface area contributed by atoms with Crippen molar-refractivity contribution in [2.75, 3.05) is 6.54 Å². The Morgan fingerprint density at radius 1 is 1.29 bits per heavy atom. The SMILES string of the molecule is N[C@](CCCCB(O)O)(C(=O)O)C1CC(NCCCc2cc(F)cc(Cl)c2)C1. The molecule has 1 atom stereocenters. The molecule has 9 heteroatoms. The number of carbonyl (C=O) groups is 1. The second kappa shape index (κ2) is 10.6. The van der Waals surface area contributed by atoms with E-state index in [9.17, 15) is 14.3 Å². The Morgan fingerprint density at radius 3 is 2.61 bits per heavy atom. The van der Waals surface area contributed by atoms with Gasteiger partial charge in [-0.2, -0.15) is 0 Å². The summed E-state index contributed by atoms with van der Waals surface area (Å²) in [6.07, 6.45) is 4.58. The van der Waals surface area contributed by atoms with Crippen molar-refractivity contribution in [3.63, 3.8) is 0 Å². The fourth-order valence-electron chi connectivity index (χ4n) is 3.79. The Hall–Kier alpha value is -1.19. The number of aliphatic carboxylic acids is 1. The van der Waals surface area contributed by atoms with E-state index in [1.165, 1.54) is 12.1 Å². The topological polar surface area (TPSA) is 116 Å². The van der Waals surface area contributed by atoms with Crippen LogP contribution in [0.25, 0.3) is 0 Å². The van der Waals surface area contributed by atoms with Crippen LogP contribution >= 0.6 is 11.6 Å². The predicted octanol–water partition coefficient (Wildman–Crippen LogP) is 2.21. The molecule has 2 rings (SSSR count). The van der Waals surface area contributed by atoms with Crippen LogP contribution in [0.4, 0.5) is 4.39 Å². The van der Waals surface area contributed by atoms with Crippen LogP contribution in [0.2, 0.25) is 11.3 Å². The number of unbranched alkanes of at least 4 members (excludes halogenated alkanes) is 1. The summed E-state index contributed by atoms with van der Waals surface area (Å²) in [5.41, 5.74) is 5.78. The lowest BCUT2D eigenvalue weighted by atomic mass is 9.66. The van der Waals surface area contributed by atoms with Crippen molar-refractivity contribution >= 4 is 24.7 Å². The number of carboxylic acid groups (broad SMARTS) is 1. The van der Waals surface area contributed by atoms with E-state index in [1.807, 2.05) is 0 Å². The molecule has 0 spiro atoms. The molecule has 0 aliphatic heterocycles. The molecule has 0 amide bonds. The van der Waals surface area contributed by atoms with E-state index < -0.39 is 18.6 Å². The fraction of sp³-hybridized carbons (Fsp3) is 0.632. The van der Waals surface area contributed by atoms with E-state index in [1.54, 1.807) is 6.07 Å². The van der Waals surface area contributed by atoms with Gasteiger partial charge in [0.25, 0.3) is 0 Å². The maximum atomic E-state index is 13.3. The van der Waals surface area contributed by atoms with Crippen molar-refractivity contribution in [2.24, 2.45) is 11.7 Å². The maximum Gasteiger partial charge on any atom is 0.451 e. The Morgan fingerprint density at radius 2 is 2.00 bits per heavy atom. The summed E-state index contributed by atoms with van der Waals surface area (Å²) in [7, 11) is -1.36. The largest absolute Gasteiger partial charge is 0.480 e. The van der Waals surface area contributed by atoms with Gasteiger partial charge in [-0.1, -0.05) is 24.4 Å². The van der Waals surface area contributed by atoms with Gasteiger partial charge in [0.15, 0.2) is 0 Å². The molecule has 1 saturated carbocycles. The molecule has 1 aromatic carbocycles. The van der Waals surface area contributed by atoms with Crippen LogP contribution in [-0.2, 0) is 11.2 Å². The third-order valence-corrected chi connectivity index (χ3v) is 5.78. The molecule has 0 bridgehead atoms. The molecule has 0 radical (unpaired) electrons. The van der Waals surface area contributed by atoms with Crippen LogP contribution in [0.5, 0.6) is 0 Å². The summed E-state index contributed by atoms with van der Waals surface area (Å²) in [6, 6.07) is 4.76. The lowest BCUT2D eigenvalue weighted by Gasteiger charge is -2.45. The third kappa shape index (κ3) is 6.70. The Kier molecular flexibility index (Phi) is 8.70. The van der Waals surface area contributed by atoms with E-state index in [0.717, 1.165) is 18.5 Å². The normalized spacial score (nSPS) is 21.0. The first-order valence-electron chi connectivity index (χ1n) is 9.77. The molecule has 6 N–H and O–H groups in total. The van der Waals surface area contributed by atoms with Gasteiger partial charge in [0, 0.05) is 11.1 Å². The number of rotatable bonds is 12. The maximum absolute atomic E-state index is 13.3. The highest BCUT2D eigenvalue weighted by Crippen LogP contribution is 2.38. The van der Waals surface area contributed by atoms with E-state index in [4.69, 9.17) is 27.4 Å². The average Bonchev–Trinajstić information content (AvgIpc) is 2.55. The van der Waals surface area contributed by atoms with Gasteiger partial charge in [-0.25, -0.2) is 4.39 Å². The first-order valence-corrected chi connectivity index (χ1v) is 10.2. The molecule has 1 aromatic rings. The molecule has 0 aromatic heterocycles. The van der Waals surface area contributed by atoms with Crippen molar-refractivity contribution in [2.45, 2.75) is 62.8 Å². The monoisotopic (exact) mass is 414 g/mol. The number of aryl methyl sites for hydroxylation is 1. The number of nitrogens with two attached hydrogens (primary N) is 1. The smallest absolute Gasteiger partial charge is 0.451 e. The third-order valence-electron chi connectivity index (χ3n) is 5.57. The molecule has 6 nitrogen and oxygen atoms in total. The number of halogens is 2. The lowest BCUT2D eigenvalue weighted by molar-refractivity contribution is -0.148. The minimum absolute atomic E-state index is 0.0939. The fourth-order valence-corrected chi connectivity index (χ4v) is 4.03. The van der Waals surface area contributed by atoms with Gasteiger partial charge in [-0.05, 0) is 74.6 Å². The molecule has 1 aliphatic rings. The van der Waals surface area contributed by atoms with Gasteiger partial charge in [0.05, 0.1) is 0 Å². The summed E-state index contributed by atoms with van der Waals surface area (Å²) in [4.78, 5) is 11.7. The van der Waals surface area contributed by atoms with Crippen molar-refractivity contribution in [1.82, 2.24) is 5.32 Å². The minimum atomic E-state index is -1.36. The molecular formula is C19H29BClFN2O4. The van der Waals surface area contributed by atoms with Gasteiger partial charge >= 0.3 is 13.1 Å². The summed E-state index contributed by atoms with van der Waals surface area (Å²) < 4.78 is 13.3. The lowest BCUT2D eigenvalue weighted by Crippen LogP contribution is -2.61. The number of hydrogen-bond donors (Lipinski definition) is 5. The standard InChI is InChI=1S/C19H29BClFN2O4/c21-15-8-13(9-16(22)12-15)4-3-7-24-17-10-14(11-17)19(23,18(25)26)5-1-2-6-20(27)28/h8-9,12,14,17,24,27-28H,1-7,10-11,23H2,(H,25,26)/t14?,17?,19-/m0/s1. The van der Waals surface area contributed by atoms with E-state index in [-0.39, 0.29) is 24.1 Å². The molecule has 0 saturated heterocycles. The van der Waals surface area contributed by atoms with Crippen LogP contribution in [0, 0.1) is 11.7 Å². The Labute approximate surface area is 170 Å². The zero-order valence-corrected chi connectivity index (χ0v) is 16.7. The molecule has 0 heterocycles. The summed E-state index contributed by atoms with van der Waals surface area (Å²) in [6.45, 7) is 0.755. The highest BCUT2D eigenvalue weighted by atomic mass is 35.5. The number of hydrogen-bond acceptors (Lipinski definition) is 5. The predicted molar refractivity (Wildman–Crippen MR) is 108 cm³/mol. The van der Waals surface area contributed by atoms with Gasteiger partial charge in [-0.3, -0.25) is 4.79 Å². The van der Waals surface area contributed by atoms with Crippen LogP contribution < -0.4 is 11.1 Å². The molecule has 1 fully saturated rings. The van der Waals surface area contributed by atoms with Gasteiger partial charge in [0.1, 0.15) is 11.4 Å². The average molecular weight is 415 g/mol. The second-order valence-electron chi connectivity index (χ2n) is 7.77. The van der Waals surface area contributed by atoms with Crippen molar-refractivity contribution in [3.05, 3.63) is 34.6 Å². The zero-order chi connectivity index (χ0) is 20.7. The van der Waals surface area contributed by atoms with Crippen molar-refractivity contribution < 1.29 is 24.3 Å². The van der Waals surface area contributed by atoms with Crippen LogP contribution in [-0.4, -0.2) is 46.4 Å². The number of benzene rings is 1. The highest BCUT2D eigenvalue weighted by molar-refractivity contribution is 6.40. The molecule has 0 unspecified atom stereocenters. The van der Waals surface area contributed by atoms with Gasteiger partial charge in [0.2, 0.25) is 0 Å². The number of carboxylic acids is 1. The van der Waals surface area contributed by atoms with E-state index in [2.05, 4.69) is 5.32 Å². The van der Waals surface area contributed by atoms with Crippen molar-refractivity contribution in [1.29, 1.82) is 0 Å². The molecule has 156 valence electrons. The molecule has 1 aliphatic carbocycles.